The second-order valence-corrected chi connectivity index (χ2v) is 6.80. The van der Waals surface area contributed by atoms with Crippen LogP contribution in [0.3, 0.4) is 0 Å². The van der Waals surface area contributed by atoms with Gasteiger partial charge in [0.25, 0.3) is 0 Å². The van der Waals surface area contributed by atoms with E-state index in [-0.39, 0.29) is 5.88 Å². The van der Waals surface area contributed by atoms with Crippen molar-refractivity contribution in [2.24, 2.45) is 0 Å². The maximum Gasteiger partial charge on any atom is 0.218 e. The molecule has 0 radical (unpaired) electrons. The number of nitrogens with zero attached hydrogens (tertiary/aromatic N) is 2. The molecule has 0 atom stereocenters. The first-order valence-electron chi connectivity index (χ1n) is 8.96. The minimum atomic E-state index is 0.258. The summed E-state index contributed by atoms with van der Waals surface area (Å²) >= 11 is 0. The summed E-state index contributed by atoms with van der Waals surface area (Å²) in [5.74, 6) is 0.258. The molecule has 3 rings (SSSR count). The van der Waals surface area contributed by atoms with Gasteiger partial charge >= 0.3 is 0 Å². The quantitative estimate of drug-likeness (QED) is 0.668. The molecule has 3 nitrogen and oxygen atoms in total. The lowest BCUT2D eigenvalue weighted by Crippen LogP contribution is -1.97. The Morgan fingerprint density at radius 3 is 2.48 bits per heavy atom. The average molecular weight is 334 g/mol. The molecule has 0 saturated heterocycles. The van der Waals surface area contributed by atoms with E-state index in [1.165, 1.54) is 16.7 Å². The maximum atomic E-state index is 10.9. The minimum absolute atomic E-state index is 0.258. The molecule has 0 bridgehead atoms. The Hall–Kier alpha value is -2.55. The van der Waals surface area contributed by atoms with E-state index in [0.717, 1.165) is 41.8 Å². The lowest BCUT2D eigenvalue weighted by molar-refractivity contribution is 0.427. The van der Waals surface area contributed by atoms with Crippen LogP contribution in [0.1, 0.15) is 42.0 Å². The molecule has 25 heavy (non-hydrogen) atoms. The van der Waals surface area contributed by atoms with Crippen LogP contribution in [0.5, 0.6) is 5.88 Å². The standard InChI is InChI=1S/C22H26N2O/c1-5-6-10-20-21(18-9-7-8-15(2)13-18)23-24(22(20)25)19-12-11-16(3)17(4)14-19/h7-9,11-14,25H,5-6,10H2,1-4H3. The van der Waals surface area contributed by atoms with E-state index in [4.69, 9.17) is 5.10 Å². The third-order valence-corrected chi connectivity index (χ3v) is 4.76. The van der Waals surface area contributed by atoms with Gasteiger partial charge in [-0.2, -0.15) is 5.10 Å². The molecule has 3 aromatic rings. The second-order valence-electron chi connectivity index (χ2n) is 6.80. The predicted octanol–water partition coefficient (Wildman–Crippen LogP) is 5.51. The van der Waals surface area contributed by atoms with Gasteiger partial charge in [0.2, 0.25) is 5.88 Å². The van der Waals surface area contributed by atoms with Crippen LogP contribution in [0, 0.1) is 20.8 Å². The maximum absolute atomic E-state index is 10.9. The van der Waals surface area contributed by atoms with E-state index >= 15 is 0 Å². The predicted molar refractivity (Wildman–Crippen MR) is 103 cm³/mol. The Morgan fingerprint density at radius 1 is 1.00 bits per heavy atom. The summed E-state index contributed by atoms with van der Waals surface area (Å²) in [5.41, 5.74) is 7.40. The summed E-state index contributed by atoms with van der Waals surface area (Å²) in [4.78, 5) is 0. The normalized spacial score (nSPS) is 11.0. The van der Waals surface area contributed by atoms with Crippen molar-refractivity contribution in [2.75, 3.05) is 0 Å². The molecule has 3 heteroatoms. The molecule has 1 N–H and O–H groups in total. The largest absolute Gasteiger partial charge is 0.493 e. The summed E-state index contributed by atoms with van der Waals surface area (Å²) in [6.07, 6.45) is 2.95. The summed E-state index contributed by atoms with van der Waals surface area (Å²) in [6.45, 7) is 8.41. The van der Waals surface area contributed by atoms with Crippen LogP contribution in [-0.4, -0.2) is 14.9 Å². The smallest absolute Gasteiger partial charge is 0.218 e. The van der Waals surface area contributed by atoms with Crippen molar-refractivity contribution in [3.8, 4) is 22.8 Å². The van der Waals surface area contributed by atoms with Crippen LogP contribution in [0.4, 0.5) is 0 Å². The number of hydrogen-bond acceptors (Lipinski definition) is 2. The SMILES string of the molecule is CCCCc1c(-c2cccc(C)c2)nn(-c2ccc(C)c(C)c2)c1O. The lowest BCUT2D eigenvalue weighted by atomic mass is 10.0. The molecule has 0 amide bonds. The van der Waals surface area contributed by atoms with Crippen molar-refractivity contribution in [2.45, 2.75) is 47.0 Å². The van der Waals surface area contributed by atoms with Gasteiger partial charge in [-0.05, 0) is 62.9 Å². The van der Waals surface area contributed by atoms with Gasteiger partial charge in [-0.3, -0.25) is 0 Å². The highest BCUT2D eigenvalue weighted by Crippen LogP contribution is 2.33. The zero-order chi connectivity index (χ0) is 18.0. The zero-order valence-electron chi connectivity index (χ0n) is 15.5. The molecule has 0 unspecified atom stereocenters. The Balaban J connectivity index is 2.15. The van der Waals surface area contributed by atoms with Crippen molar-refractivity contribution in [3.05, 3.63) is 64.7 Å². The third kappa shape index (κ3) is 3.46. The van der Waals surface area contributed by atoms with Crippen LogP contribution in [0.15, 0.2) is 42.5 Å². The van der Waals surface area contributed by atoms with Gasteiger partial charge in [-0.1, -0.05) is 43.2 Å². The van der Waals surface area contributed by atoms with Crippen molar-refractivity contribution < 1.29 is 5.11 Å². The van der Waals surface area contributed by atoms with E-state index in [9.17, 15) is 5.11 Å². The van der Waals surface area contributed by atoms with Crippen LogP contribution in [0.2, 0.25) is 0 Å². The zero-order valence-corrected chi connectivity index (χ0v) is 15.5. The van der Waals surface area contributed by atoms with Crippen LogP contribution < -0.4 is 0 Å². The minimum Gasteiger partial charge on any atom is -0.493 e. The molecule has 2 aromatic carbocycles. The summed E-state index contributed by atoms with van der Waals surface area (Å²) < 4.78 is 1.68. The van der Waals surface area contributed by atoms with Crippen molar-refractivity contribution in [3.63, 3.8) is 0 Å². The van der Waals surface area contributed by atoms with Gasteiger partial charge in [-0.25, -0.2) is 4.68 Å². The second kappa shape index (κ2) is 7.14. The Kier molecular flexibility index (Phi) is 4.93. The van der Waals surface area contributed by atoms with Crippen LogP contribution in [0.25, 0.3) is 16.9 Å². The molecule has 1 aromatic heterocycles. The van der Waals surface area contributed by atoms with Gasteiger partial charge in [0.1, 0.15) is 0 Å². The van der Waals surface area contributed by atoms with Crippen molar-refractivity contribution >= 4 is 0 Å². The van der Waals surface area contributed by atoms with E-state index in [2.05, 4.69) is 58.0 Å². The third-order valence-electron chi connectivity index (χ3n) is 4.76. The first kappa shape index (κ1) is 17.3. The lowest BCUT2D eigenvalue weighted by Gasteiger charge is -2.06. The highest BCUT2D eigenvalue weighted by Gasteiger charge is 2.19. The number of aromatic hydroxyl groups is 1. The molecule has 0 aliphatic rings. The van der Waals surface area contributed by atoms with E-state index < -0.39 is 0 Å². The molecular weight excluding hydrogens is 308 g/mol. The summed E-state index contributed by atoms with van der Waals surface area (Å²) in [5, 5.41) is 15.7. The fraction of sp³-hybridized carbons (Fsp3) is 0.318. The molecule has 0 aliphatic heterocycles. The average Bonchev–Trinajstić information content (AvgIpc) is 2.92. The first-order valence-corrected chi connectivity index (χ1v) is 8.96. The van der Waals surface area contributed by atoms with Gasteiger partial charge in [0.15, 0.2) is 0 Å². The number of benzene rings is 2. The van der Waals surface area contributed by atoms with E-state index in [1.54, 1.807) is 4.68 Å². The van der Waals surface area contributed by atoms with E-state index in [0.29, 0.717) is 0 Å². The summed E-state index contributed by atoms with van der Waals surface area (Å²) in [6, 6.07) is 14.5. The molecule has 0 aliphatic carbocycles. The molecule has 0 fully saturated rings. The van der Waals surface area contributed by atoms with Gasteiger partial charge in [-0.15, -0.1) is 0 Å². The molecule has 0 spiro atoms. The fourth-order valence-corrected chi connectivity index (χ4v) is 3.09. The van der Waals surface area contributed by atoms with Gasteiger partial charge < -0.3 is 5.11 Å². The van der Waals surface area contributed by atoms with Crippen molar-refractivity contribution in [1.82, 2.24) is 9.78 Å². The Morgan fingerprint density at radius 2 is 1.80 bits per heavy atom. The number of hydrogen-bond donors (Lipinski definition) is 1. The van der Waals surface area contributed by atoms with Crippen LogP contribution >= 0.6 is 0 Å². The van der Waals surface area contributed by atoms with Crippen molar-refractivity contribution in [1.29, 1.82) is 0 Å². The first-order chi connectivity index (χ1) is 12.0. The number of aryl methyl sites for hydroxylation is 3. The molecular formula is C22H26N2O. The Labute approximate surface area is 150 Å². The number of unbranched alkanes of at least 4 members (excludes halogenated alkanes) is 1. The highest BCUT2D eigenvalue weighted by molar-refractivity contribution is 5.67. The fourth-order valence-electron chi connectivity index (χ4n) is 3.09. The number of aromatic nitrogens is 2. The summed E-state index contributed by atoms with van der Waals surface area (Å²) in [7, 11) is 0. The molecule has 0 saturated carbocycles. The van der Waals surface area contributed by atoms with Crippen LogP contribution in [-0.2, 0) is 6.42 Å². The highest BCUT2D eigenvalue weighted by atomic mass is 16.3. The van der Waals surface area contributed by atoms with E-state index in [1.807, 2.05) is 12.1 Å². The molecule has 130 valence electrons. The monoisotopic (exact) mass is 334 g/mol. The Bertz CT molecular complexity index is 893. The number of rotatable bonds is 5. The van der Waals surface area contributed by atoms with Gasteiger partial charge in [0.05, 0.1) is 11.4 Å². The van der Waals surface area contributed by atoms with Gasteiger partial charge in [0, 0.05) is 11.1 Å². The topological polar surface area (TPSA) is 38.0 Å². The molecule has 1 heterocycles.